The quantitative estimate of drug-likeness (QED) is 0.874. The zero-order valence-corrected chi connectivity index (χ0v) is 10.7. The highest BCUT2D eigenvalue weighted by atomic mass is 16.5. The summed E-state index contributed by atoms with van der Waals surface area (Å²) in [6.45, 7) is 5.94. The van der Waals surface area contributed by atoms with Crippen LogP contribution in [0.2, 0.25) is 0 Å². The van der Waals surface area contributed by atoms with E-state index in [1.165, 1.54) is 0 Å². The van der Waals surface area contributed by atoms with Gasteiger partial charge in [0.05, 0.1) is 12.5 Å². The molecule has 0 heterocycles. The maximum absolute atomic E-state index is 11.5. The fourth-order valence-corrected chi connectivity index (χ4v) is 2.69. The van der Waals surface area contributed by atoms with Gasteiger partial charge in [-0.05, 0) is 36.0 Å². The van der Waals surface area contributed by atoms with E-state index in [1.54, 1.807) is 7.11 Å². The Morgan fingerprint density at radius 1 is 1.41 bits per heavy atom. The summed E-state index contributed by atoms with van der Waals surface area (Å²) in [5.74, 6) is 0.0132. The van der Waals surface area contributed by atoms with Crippen LogP contribution in [-0.2, 0) is 10.2 Å². The van der Waals surface area contributed by atoms with Crippen molar-refractivity contribution in [1.29, 1.82) is 0 Å². The lowest BCUT2D eigenvalue weighted by molar-refractivity contribution is -0.141. The maximum atomic E-state index is 11.5. The van der Waals surface area contributed by atoms with Crippen molar-refractivity contribution in [3.8, 4) is 5.75 Å². The SMILES string of the molecule is COc1cc(C2(C(=O)O)CC2(C)C)ccc1C. The van der Waals surface area contributed by atoms with E-state index < -0.39 is 11.4 Å². The summed E-state index contributed by atoms with van der Waals surface area (Å²) in [6.07, 6.45) is 0.682. The molecule has 1 fully saturated rings. The van der Waals surface area contributed by atoms with Gasteiger partial charge in [-0.1, -0.05) is 26.0 Å². The van der Waals surface area contributed by atoms with Gasteiger partial charge in [0.2, 0.25) is 0 Å². The number of hydrogen-bond donors (Lipinski definition) is 1. The zero-order valence-electron chi connectivity index (χ0n) is 10.7. The second-order valence-corrected chi connectivity index (χ2v) is 5.46. The molecule has 1 aromatic carbocycles. The summed E-state index contributed by atoms with van der Waals surface area (Å²) >= 11 is 0. The van der Waals surface area contributed by atoms with E-state index >= 15 is 0 Å². The van der Waals surface area contributed by atoms with Gasteiger partial charge in [0.15, 0.2) is 0 Å². The Morgan fingerprint density at radius 2 is 2.00 bits per heavy atom. The van der Waals surface area contributed by atoms with Crippen molar-refractivity contribution in [3.63, 3.8) is 0 Å². The summed E-state index contributed by atoms with van der Waals surface area (Å²) < 4.78 is 5.26. The molecule has 0 saturated heterocycles. The molecule has 1 N–H and O–H groups in total. The Hall–Kier alpha value is -1.51. The van der Waals surface area contributed by atoms with Gasteiger partial charge < -0.3 is 9.84 Å². The van der Waals surface area contributed by atoms with Crippen LogP contribution in [0.5, 0.6) is 5.75 Å². The molecule has 0 aromatic heterocycles. The number of methoxy groups -OCH3 is 1. The molecule has 17 heavy (non-hydrogen) atoms. The lowest BCUT2D eigenvalue weighted by Gasteiger charge is -2.17. The fraction of sp³-hybridized carbons (Fsp3) is 0.500. The van der Waals surface area contributed by atoms with Gasteiger partial charge in [0.25, 0.3) is 0 Å². The average molecular weight is 234 g/mol. The van der Waals surface area contributed by atoms with Crippen molar-refractivity contribution >= 4 is 5.97 Å². The van der Waals surface area contributed by atoms with Crippen LogP contribution in [0, 0.1) is 12.3 Å². The normalized spacial score (nSPS) is 25.4. The van der Waals surface area contributed by atoms with Crippen LogP contribution in [0.25, 0.3) is 0 Å². The Kier molecular flexibility index (Phi) is 2.45. The minimum absolute atomic E-state index is 0.181. The molecule has 0 aliphatic heterocycles. The Balaban J connectivity index is 2.51. The average Bonchev–Trinajstić information content (AvgIpc) is 2.84. The van der Waals surface area contributed by atoms with Crippen LogP contribution >= 0.6 is 0 Å². The van der Waals surface area contributed by atoms with Gasteiger partial charge in [-0.2, -0.15) is 0 Å². The minimum atomic E-state index is -0.742. The molecule has 3 heteroatoms. The molecule has 1 aliphatic rings. The van der Waals surface area contributed by atoms with Crippen molar-refractivity contribution in [1.82, 2.24) is 0 Å². The highest BCUT2D eigenvalue weighted by molar-refractivity contribution is 5.87. The molecule has 1 saturated carbocycles. The number of ether oxygens (including phenoxy) is 1. The number of hydrogen-bond acceptors (Lipinski definition) is 2. The van der Waals surface area contributed by atoms with E-state index in [0.29, 0.717) is 6.42 Å². The van der Waals surface area contributed by atoms with Gasteiger partial charge in [-0.3, -0.25) is 4.79 Å². The molecule has 1 aromatic rings. The third-order valence-electron chi connectivity index (χ3n) is 4.00. The van der Waals surface area contributed by atoms with Crippen LogP contribution < -0.4 is 4.74 Å². The number of benzene rings is 1. The summed E-state index contributed by atoms with van der Waals surface area (Å²) in [6, 6.07) is 5.69. The molecule has 0 spiro atoms. The number of aryl methyl sites for hydroxylation is 1. The van der Waals surface area contributed by atoms with Crippen LogP contribution in [0.15, 0.2) is 18.2 Å². The Bertz CT molecular complexity index is 476. The number of carbonyl (C=O) groups is 1. The summed E-state index contributed by atoms with van der Waals surface area (Å²) in [7, 11) is 1.61. The van der Waals surface area contributed by atoms with E-state index in [9.17, 15) is 9.90 Å². The molecule has 1 aliphatic carbocycles. The van der Waals surface area contributed by atoms with Crippen molar-refractivity contribution in [3.05, 3.63) is 29.3 Å². The van der Waals surface area contributed by atoms with Crippen molar-refractivity contribution in [2.75, 3.05) is 7.11 Å². The molecule has 1 unspecified atom stereocenters. The molecule has 0 bridgehead atoms. The molecular formula is C14H18O3. The highest BCUT2D eigenvalue weighted by Crippen LogP contribution is 2.64. The zero-order chi connectivity index (χ0) is 12.8. The van der Waals surface area contributed by atoms with E-state index in [-0.39, 0.29) is 5.41 Å². The van der Waals surface area contributed by atoms with Crippen LogP contribution in [0.1, 0.15) is 31.4 Å². The Morgan fingerprint density at radius 3 is 2.41 bits per heavy atom. The minimum Gasteiger partial charge on any atom is -0.496 e. The van der Waals surface area contributed by atoms with E-state index in [1.807, 2.05) is 39.0 Å². The number of rotatable bonds is 3. The number of carboxylic acid groups (broad SMARTS) is 1. The summed E-state index contributed by atoms with van der Waals surface area (Å²) in [5.41, 5.74) is 0.945. The molecule has 0 amide bonds. The summed E-state index contributed by atoms with van der Waals surface area (Å²) in [4.78, 5) is 11.5. The third kappa shape index (κ3) is 1.53. The third-order valence-corrected chi connectivity index (χ3v) is 4.00. The molecule has 3 nitrogen and oxygen atoms in total. The molecular weight excluding hydrogens is 216 g/mol. The molecule has 1 atom stereocenters. The second kappa shape index (κ2) is 3.49. The lowest BCUT2D eigenvalue weighted by Crippen LogP contribution is -2.25. The first-order chi connectivity index (χ1) is 7.85. The smallest absolute Gasteiger partial charge is 0.314 e. The molecule has 2 rings (SSSR count). The predicted octanol–water partition coefficient (Wildman–Crippen LogP) is 2.76. The highest BCUT2D eigenvalue weighted by Gasteiger charge is 2.67. The van der Waals surface area contributed by atoms with Gasteiger partial charge in [-0.25, -0.2) is 0 Å². The standard InChI is InChI=1S/C14H18O3/c1-9-5-6-10(7-11(9)17-4)14(12(15)16)8-13(14,2)3/h5-7H,8H2,1-4H3,(H,15,16). The van der Waals surface area contributed by atoms with Crippen LogP contribution in [0.4, 0.5) is 0 Å². The van der Waals surface area contributed by atoms with E-state index in [2.05, 4.69) is 0 Å². The summed E-state index contributed by atoms with van der Waals surface area (Å²) in [5, 5.41) is 9.48. The van der Waals surface area contributed by atoms with Gasteiger partial charge in [-0.15, -0.1) is 0 Å². The molecule has 92 valence electrons. The Labute approximate surface area is 101 Å². The lowest BCUT2D eigenvalue weighted by atomic mass is 9.87. The maximum Gasteiger partial charge on any atom is 0.314 e. The van der Waals surface area contributed by atoms with Crippen molar-refractivity contribution in [2.45, 2.75) is 32.6 Å². The first-order valence-corrected chi connectivity index (χ1v) is 5.74. The number of carboxylic acids is 1. The first-order valence-electron chi connectivity index (χ1n) is 5.74. The van der Waals surface area contributed by atoms with E-state index in [0.717, 1.165) is 16.9 Å². The van der Waals surface area contributed by atoms with Crippen LogP contribution in [-0.4, -0.2) is 18.2 Å². The van der Waals surface area contributed by atoms with Crippen molar-refractivity contribution in [2.24, 2.45) is 5.41 Å². The van der Waals surface area contributed by atoms with E-state index in [4.69, 9.17) is 4.74 Å². The van der Waals surface area contributed by atoms with Gasteiger partial charge in [0.1, 0.15) is 5.75 Å². The van der Waals surface area contributed by atoms with Gasteiger partial charge in [0, 0.05) is 0 Å². The number of aliphatic carboxylic acids is 1. The van der Waals surface area contributed by atoms with Crippen molar-refractivity contribution < 1.29 is 14.6 Å². The largest absolute Gasteiger partial charge is 0.496 e. The van der Waals surface area contributed by atoms with Crippen LogP contribution in [0.3, 0.4) is 0 Å². The first kappa shape index (κ1) is 12.0. The van der Waals surface area contributed by atoms with Gasteiger partial charge >= 0.3 is 5.97 Å². The fourth-order valence-electron chi connectivity index (χ4n) is 2.69. The predicted molar refractivity (Wildman–Crippen MR) is 65.4 cm³/mol. The molecule has 0 radical (unpaired) electrons. The monoisotopic (exact) mass is 234 g/mol. The topological polar surface area (TPSA) is 46.5 Å². The second-order valence-electron chi connectivity index (χ2n) is 5.46.